The molecule has 0 fully saturated rings. The number of nitrogens with one attached hydrogen (secondary N) is 1. The second-order valence-corrected chi connectivity index (χ2v) is 5.92. The average molecular weight is 369 g/mol. The third kappa shape index (κ3) is 4.87. The lowest BCUT2D eigenvalue weighted by molar-refractivity contribution is 0.249. The number of nitrogen functional groups attached to an aromatic ring is 1. The highest BCUT2D eigenvalue weighted by molar-refractivity contribution is 5.59. The van der Waals surface area contributed by atoms with Gasteiger partial charge < -0.3 is 25.0 Å². The van der Waals surface area contributed by atoms with Crippen molar-refractivity contribution in [3.63, 3.8) is 0 Å². The number of nitrogens with zero attached hydrogens (tertiary/aromatic N) is 3. The van der Waals surface area contributed by atoms with Gasteiger partial charge >= 0.3 is 0 Å². The summed E-state index contributed by atoms with van der Waals surface area (Å²) in [6.45, 7) is 3.11. The molecule has 3 rings (SSSR count). The number of unbranched alkanes of at least 4 members (excludes halogenated alkanes) is 1. The number of anilines is 2. The second-order valence-electron chi connectivity index (χ2n) is 5.92. The van der Waals surface area contributed by atoms with Crippen LogP contribution in [0.1, 0.15) is 25.5 Å². The number of rotatable bonds is 9. The first-order chi connectivity index (χ1) is 13.2. The Morgan fingerprint density at radius 3 is 2.78 bits per heavy atom. The molecule has 142 valence electrons. The van der Waals surface area contributed by atoms with Crippen LogP contribution in [0.15, 0.2) is 41.1 Å². The Kier molecular flexibility index (Phi) is 6.09. The Bertz CT molecular complexity index is 864. The van der Waals surface area contributed by atoms with E-state index >= 15 is 0 Å². The van der Waals surface area contributed by atoms with Gasteiger partial charge in [0, 0.05) is 18.2 Å². The monoisotopic (exact) mass is 369 g/mol. The maximum atomic E-state index is 5.80. The average Bonchev–Trinajstić information content (AvgIpc) is 3.17. The van der Waals surface area contributed by atoms with E-state index in [1.165, 1.54) is 0 Å². The molecule has 3 aromatic rings. The van der Waals surface area contributed by atoms with Crippen LogP contribution in [0.3, 0.4) is 0 Å². The van der Waals surface area contributed by atoms with Crippen molar-refractivity contribution in [1.82, 2.24) is 15.1 Å². The summed E-state index contributed by atoms with van der Waals surface area (Å²) in [5.74, 6) is 2.67. The van der Waals surface area contributed by atoms with Crippen molar-refractivity contribution in [2.75, 3.05) is 24.7 Å². The van der Waals surface area contributed by atoms with Gasteiger partial charge in [-0.1, -0.05) is 18.5 Å². The summed E-state index contributed by atoms with van der Waals surface area (Å²) in [5, 5.41) is 7.31. The third-order valence-corrected chi connectivity index (χ3v) is 3.91. The third-order valence-electron chi connectivity index (χ3n) is 3.91. The molecule has 27 heavy (non-hydrogen) atoms. The molecule has 2 aromatic heterocycles. The van der Waals surface area contributed by atoms with Crippen LogP contribution < -0.4 is 20.5 Å². The first-order valence-electron chi connectivity index (χ1n) is 8.78. The molecule has 0 saturated heterocycles. The van der Waals surface area contributed by atoms with Crippen molar-refractivity contribution >= 4 is 11.8 Å². The molecule has 0 saturated carbocycles. The van der Waals surface area contributed by atoms with Crippen molar-refractivity contribution in [2.45, 2.75) is 26.4 Å². The topological polar surface area (TPSA) is 108 Å². The van der Waals surface area contributed by atoms with E-state index in [4.69, 9.17) is 19.7 Å². The highest BCUT2D eigenvalue weighted by atomic mass is 16.5. The highest BCUT2D eigenvalue weighted by Crippen LogP contribution is 2.25. The molecule has 8 heteroatoms. The minimum atomic E-state index is 0.197. The molecule has 0 atom stereocenters. The van der Waals surface area contributed by atoms with E-state index in [-0.39, 0.29) is 12.6 Å². The molecular formula is C19H23N5O3. The smallest absolute Gasteiger partial charge is 0.222 e. The molecule has 8 nitrogen and oxygen atoms in total. The number of hydrogen-bond acceptors (Lipinski definition) is 8. The first-order valence-corrected chi connectivity index (χ1v) is 8.78. The van der Waals surface area contributed by atoms with Gasteiger partial charge in [-0.15, -0.1) is 0 Å². The number of hydrogen-bond donors (Lipinski definition) is 2. The molecule has 0 aliphatic carbocycles. The van der Waals surface area contributed by atoms with Gasteiger partial charge in [0.1, 0.15) is 18.1 Å². The molecule has 0 spiro atoms. The summed E-state index contributed by atoms with van der Waals surface area (Å²) in [6, 6.07) is 9.43. The van der Waals surface area contributed by atoms with Crippen molar-refractivity contribution < 1.29 is 14.0 Å². The quantitative estimate of drug-likeness (QED) is 0.552. The minimum Gasteiger partial charge on any atom is -0.497 e. The molecule has 0 aliphatic rings. The first kappa shape index (κ1) is 18.5. The second kappa shape index (κ2) is 8.88. The number of aromatic nitrogens is 3. The lowest BCUT2D eigenvalue weighted by Gasteiger charge is -2.11. The fourth-order valence-corrected chi connectivity index (χ4v) is 2.43. The number of methoxy groups -OCH3 is 1. The van der Waals surface area contributed by atoms with Crippen molar-refractivity contribution in [3.05, 3.63) is 42.3 Å². The summed E-state index contributed by atoms with van der Waals surface area (Å²) in [6.07, 6.45) is 3.66. The van der Waals surface area contributed by atoms with E-state index in [2.05, 4.69) is 27.4 Å². The molecule has 0 bridgehead atoms. The molecule has 3 N–H and O–H groups in total. The van der Waals surface area contributed by atoms with Crippen LogP contribution in [0.5, 0.6) is 11.5 Å². The highest BCUT2D eigenvalue weighted by Gasteiger charge is 2.11. The van der Waals surface area contributed by atoms with Crippen LogP contribution >= 0.6 is 0 Å². The van der Waals surface area contributed by atoms with Gasteiger partial charge in [-0.25, -0.2) is 4.98 Å². The van der Waals surface area contributed by atoms with Crippen molar-refractivity contribution in [3.8, 4) is 22.8 Å². The van der Waals surface area contributed by atoms with E-state index in [1.54, 1.807) is 13.3 Å². The molecule has 2 heterocycles. The Morgan fingerprint density at radius 2 is 2.04 bits per heavy atom. The lowest BCUT2D eigenvalue weighted by atomic mass is 10.1. The Labute approximate surface area is 157 Å². The zero-order chi connectivity index (χ0) is 19.1. The van der Waals surface area contributed by atoms with E-state index in [9.17, 15) is 0 Å². The summed E-state index contributed by atoms with van der Waals surface area (Å²) in [5.41, 5.74) is 7.33. The largest absolute Gasteiger partial charge is 0.497 e. The van der Waals surface area contributed by atoms with E-state index in [0.717, 1.165) is 36.4 Å². The van der Waals surface area contributed by atoms with Gasteiger partial charge in [-0.05, 0) is 30.7 Å². The van der Waals surface area contributed by atoms with Gasteiger partial charge in [0.15, 0.2) is 17.3 Å². The van der Waals surface area contributed by atoms with Gasteiger partial charge in [0.2, 0.25) is 5.95 Å². The van der Waals surface area contributed by atoms with Crippen LogP contribution in [0.2, 0.25) is 0 Å². The fourth-order valence-electron chi connectivity index (χ4n) is 2.43. The van der Waals surface area contributed by atoms with Gasteiger partial charge in [0.25, 0.3) is 0 Å². The van der Waals surface area contributed by atoms with Gasteiger partial charge in [-0.3, -0.25) is 0 Å². The maximum Gasteiger partial charge on any atom is 0.222 e. The molecule has 0 amide bonds. The fraction of sp³-hybridized carbons (Fsp3) is 0.316. The van der Waals surface area contributed by atoms with Crippen LogP contribution in [-0.2, 0) is 6.61 Å². The van der Waals surface area contributed by atoms with E-state index in [1.807, 2.05) is 30.3 Å². The molecule has 0 aliphatic heterocycles. The molecule has 0 radical (unpaired) electrons. The minimum absolute atomic E-state index is 0.197. The summed E-state index contributed by atoms with van der Waals surface area (Å²) < 4.78 is 16.3. The summed E-state index contributed by atoms with van der Waals surface area (Å²) in [7, 11) is 1.63. The summed E-state index contributed by atoms with van der Waals surface area (Å²) >= 11 is 0. The van der Waals surface area contributed by atoms with Crippen LogP contribution in [0.4, 0.5) is 11.8 Å². The Hall–Kier alpha value is -3.29. The predicted octanol–water partition coefficient (Wildman–Crippen LogP) is 3.51. The Balaban J connectivity index is 1.66. The van der Waals surface area contributed by atoms with E-state index in [0.29, 0.717) is 17.3 Å². The summed E-state index contributed by atoms with van der Waals surface area (Å²) in [4.78, 5) is 8.19. The van der Waals surface area contributed by atoms with Gasteiger partial charge in [-0.2, -0.15) is 4.98 Å². The van der Waals surface area contributed by atoms with Crippen LogP contribution in [-0.4, -0.2) is 28.8 Å². The zero-order valence-corrected chi connectivity index (χ0v) is 15.4. The zero-order valence-electron chi connectivity index (χ0n) is 15.4. The predicted molar refractivity (Wildman–Crippen MR) is 103 cm³/mol. The van der Waals surface area contributed by atoms with Crippen LogP contribution in [0, 0.1) is 0 Å². The normalized spacial score (nSPS) is 10.6. The number of ether oxygens (including phenoxy) is 2. The van der Waals surface area contributed by atoms with Crippen molar-refractivity contribution in [2.24, 2.45) is 0 Å². The van der Waals surface area contributed by atoms with E-state index < -0.39 is 0 Å². The molecular weight excluding hydrogens is 346 g/mol. The van der Waals surface area contributed by atoms with Gasteiger partial charge in [0.05, 0.1) is 13.3 Å². The molecule has 1 aromatic carbocycles. The van der Waals surface area contributed by atoms with Crippen molar-refractivity contribution in [1.29, 1.82) is 0 Å². The SMILES string of the molecule is CCCCNc1nc(N)ncc1OCc1cc(-c2ccc(OC)cc2)no1. The van der Waals surface area contributed by atoms with Crippen LogP contribution in [0.25, 0.3) is 11.3 Å². The standard InChI is InChI=1S/C19H23N5O3/c1-3-4-9-21-18-17(11-22-19(20)23-18)26-12-15-10-16(24-27-15)13-5-7-14(25-2)8-6-13/h5-8,10-11H,3-4,9,12H2,1-2H3,(H3,20,21,22,23). The molecule has 0 unspecified atom stereocenters. The lowest BCUT2D eigenvalue weighted by Crippen LogP contribution is -2.08. The number of nitrogens with two attached hydrogens (primary N) is 1. The maximum absolute atomic E-state index is 5.80. The number of benzene rings is 1. The Morgan fingerprint density at radius 1 is 1.22 bits per heavy atom.